The van der Waals surface area contributed by atoms with Crippen molar-refractivity contribution in [3.8, 4) is 57.1 Å². The van der Waals surface area contributed by atoms with Crippen LogP contribution in [0.4, 0.5) is 0 Å². The molecule has 0 radical (unpaired) electrons. The molecule has 0 unspecified atom stereocenters. The summed E-state index contributed by atoms with van der Waals surface area (Å²) < 4.78 is 55.2. The molecule has 0 bridgehead atoms. The third kappa shape index (κ3) is 13.4. The van der Waals surface area contributed by atoms with E-state index in [0.717, 1.165) is 44.5 Å². The number of rotatable bonds is 27. The summed E-state index contributed by atoms with van der Waals surface area (Å²) in [5, 5.41) is 2.38. The summed E-state index contributed by atoms with van der Waals surface area (Å²) in [5.74, 6) is 2.68. The van der Waals surface area contributed by atoms with Gasteiger partial charge in [-0.2, -0.15) is 0 Å². The second-order valence-corrected chi connectivity index (χ2v) is 23.2. The van der Waals surface area contributed by atoms with E-state index in [0.29, 0.717) is 66.8 Å². The van der Waals surface area contributed by atoms with Gasteiger partial charge in [-0.1, -0.05) is 168 Å². The lowest BCUT2D eigenvalue weighted by molar-refractivity contribution is 0.103. The van der Waals surface area contributed by atoms with Crippen LogP contribution in [-0.2, 0) is 0 Å². The SMILES string of the molecule is C=CC(=O)c1ccc2c(-c3c(OP(Oc4ccc(C=C)c(C(C)C)c4)Oc4ccc(C=C)c(C(C)C)c4)c(OC)cc4cc(C(=O)C=C)ccc34)c(OP(Oc3ccc(C=C)c(C(C)C)c3)Oc3ccc(C=C)c(C(C)C)c3)c(OC)cc2c1. The van der Waals surface area contributed by atoms with Crippen LogP contribution >= 0.6 is 17.2 Å². The van der Waals surface area contributed by atoms with Crippen molar-refractivity contribution in [1.29, 1.82) is 0 Å². The molecule has 0 saturated carbocycles. The minimum absolute atomic E-state index is 0.118. The Kier molecular flexibility index (Phi) is 19.8. The molecule has 0 spiro atoms. The highest BCUT2D eigenvalue weighted by Crippen LogP contribution is 2.59. The number of methoxy groups -OCH3 is 2. The lowest BCUT2D eigenvalue weighted by Crippen LogP contribution is -2.08. The Balaban J connectivity index is 1.47. The van der Waals surface area contributed by atoms with Crippen LogP contribution in [0.5, 0.6) is 46.0 Å². The topological polar surface area (TPSA) is 108 Å². The molecule has 0 aromatic heterocycles. The molecule has 10 nitrogen and oxygen atoms in total. The van der Waals surface area contributed by atoms with Gasteiger partial charge >= 0.3 is 17.2 Å². The average Bonchev–Trinajstić information content (AvgIpc) is 3.57. The molecular weight excluding hydrogens is 1090 g/mol. The van der Waals surface area contributed by atoms with Crippen LogP contribution in [0.1, 0.15) is 144 Å². The van der Waals surface area contributed by atoms with Crippen molar-refractivity contribution in [3.63, 3.8) is 0 Å². The number of ketones is 2. The number of hydrogen-bond acceptors (Lipinski definition) is 10. The first kappa shape index (κ1) is 61.4. The number of allylic oxidation sites excluding steroid dienone is 2. The smallest absolute Gasteiger partial charge is 0.493 e. The third-order valence-electron chi connectivity index (χ3n) is 14.4. The zero-order valence-electron chi connectivity index (χ0n) is 49.5. The van der Waals surface area contributed by atoms with Gasteiger partial charge in [-0.05, 0) is 175 Å². The Morgan fingerprint density at radius 3 is 0.905 bits per heavy atom. The molecule has 8 aromatic carbocycles. The fourth-order valence-electron chi connectivity index (χ4n) is 10.0. The molecule has 0 atom stereocenters. The Hall–Kier alpha value is -8.68. The number of benzene rings is 8. The second kappa shape index (κ2) is 27.1. The molecule has 12 heteroatoms. The summed E-state index contributed by atoms with van der Waals surface area (Å²) in [6, 6.07) is 37.4. The molecule has 0 heterocycles. The number of ether oxygens (including phenoxy) is 2. The molecule has 0 amide bonds. The minimum atomic E-state index is -2.46. The van der Waals surface area contributed by atoms with Crippen molar-refractivity contribution in [3.05, 3.63) is 229 Å². The van der Waals surface area contributed by atoms with Crippen LogP contribution in [0.25, 0.3) is 57.0 Å². The molecule has 8 rings (SSSR count). The van der Waals surface area contributed by atoms with Gasteiger partial charge in [-0.25, -0.2) is 0 Å². The molecular formula is C72H72O10P2. The zero-order valence-corrected chi connectivity index (χ0v) is 51.3. The Bertz CT molecular complexity index is 3490. The predicted molar refractivity (Wildman–Crippen MR) is 349 cm³/mol. The molecule has 0 aliphatic rings. The molecule has 0 saturated heterocycles. The van der Waals surface area contributed by atoms with Crippen LogP contribution in [0.15, 0.2) is 173 Å². The number of hydrogen-bond donors (Lipinski definition) is 0. The average molecular weight is 1160 g/mol. The summed E-state index contributed by atoms with van der Waals surface area (Å²) in [5.41, 5.74) is 9.51. The van der Waals surface area contributed by atoms with Gasteiger partial charge in [0, 0.05) is 22.3 Å². The van der Waals surface area contributed by atoms with E-state index in [1.54, 1.807) is 36.4 Å². The first-order valence-electron chi connectivity index (χ1n) is 27.7. The highest BCUT2D eigenvalue weighted by molar-refractivity contribution is 7.43. The van der Waals surface area contributed by atoms with Gasteiger partial charge in [-0.15, -0.1) is 0 Å². The summed E-state index contributed by atoms with van der Waals surface area (Å²) in [6.07, 6.45) is 9.83. The summed E-state index contributed by atoms with van der Waals surface area (Å²) in [7, 11) is -1.85. The lowest BCUT2D eigenvalue weighted by Gasteiger charge is -2.26. The first-order valence-corrected chi connectivity index (χ1v) is 29.9. The Morgan fingerprint density at radius 2 is 0.667 bits per heavy atom. The van der Waals surface area contributed by atoms with E-state index >= 15 is 0 Å². The van der Waals surface area contributed by atoms with Crippen molar-refractivity contribution in [1.82, 2.24) is 0 Å². The van der Waals surface area contributed by atoms with Gasteiger partial charge in [0.25, 0.3) is 0 Å². The summed E-state index contributed by atoms with van der Waals surface area (Å²) in [6.45, 7) is 40.7. The number of fused-ring (bicyclic) bond motifs is 2. The fourth-order valence-corrected chi connectivity index (χ4v) is 12.1. The highest BCUT2D eigenvalue weighted by Gasteiger charge is 2.34. The van der Waals surface area contributed by atoms with Crippen molar-refractivity contribution in [2.75, 3.05) is 14.2 Å². The quantitative estimate of drug-likeness (QED) is 0.0281. The number of carbonyl (C=O) groups is 2. The molecule has 0 aliphatic heterocycles. The Morgan fingerprint density at radius 1 is 0.381 bits per heavy atom. The molecule has 0 fully saturated rings. The largest absolute Gasteiger partial charge is 0.530 e. The minimum Gasteiger partial charge on any atom is -0.493 e. The summed E-state index contributed by atoms with van der Waals surface area (Å²) in [4.78, 5) is 26.9. The van der Waals surface area contributed by atoms with Crippen molar-refractivity contribution in [2.24, 2.45) is 0 Å². The van der Waals surface area contributed by atoms with Crippen molar-refractivity contribution >= 4 is 74.6 Å². The van der Waals surface area contributed by atoms with E-state index in [1.807, 2.05) is 109 Å². The monoisotopic (exact) mass is 1160 g/mol. The van der Waals surface area contributed by atoms with Gasteiger partial charge in [0.2, 0.25) is 0 Å². The first-order chi connectivity index (χ1) is 40.4. The van der Waals surface area contributed by atoms with Gasteiger partial charge in [-0.3, -0.25) is 9.59 Å². The van der Waals surface area contributed by atoms with Crippen LogP contribution in [0.3, 0.4) is 0 Å². The molecule has 84 heavy (non-hydrogen) atoms. The number of carbonyl (C=O) groups excluding carboxylic acids is 2. The van der Waals surface area contributed by atoms with Gasteiger partial charge < -0.3 is 36.6 Å². The van der Waals surface area contributed by atoms with E-state index in [-0.39, 0.29) is 58.2 Å². The Labute approximate surface area is 497 Å². The molecule has 0 N–H and O–H groups in total. The van der Waals surface area contributed by atoms with E-state index in [2.05, 4.69) is 94.9 Å². The van der Waals surface area contributed by atoms with Crippen LogP contribution in [0.2, 0.25) is 0 Å². The molecule has 0 aliphatic carbocycles. The van der Waals surface area contributed by atoms with Gasteiger partial charge in [0.1, 0.15) is 23.0 Å². The summed E-state index contributed by atoms with van der Waals surface area (Å²) >= 11 is 0. The standard InChI is InChI=1S/C72H72O10P2/c1-17-47-23-29-55(39-61(47)43(7)8)77-83(78-56-30-24-48(18-2)62(40-56)44(9)10)81-71-67(75-15)37-53-35-51(65(73)21-5)27-33-59(53)69(71)70-60-34-28-52(66(74)22-6)36-54(60)38-68(76-16)72(70)82-84(79-57-31-25-49(19-3)63(41-57)45(11)12)80-58-32-26-50(20-4)64(42-58)46(13)14/h17-46H,1-6H2,7-16H3. The third-order valence-corrected chi connectivity index (χ3v) is 16.5. The van der Waals surface area contributed by atoms with E-state index < -0.39 is 17.2 Å². The van der Waals surface area contributed by atoms with E-state index in [9.17, 15) is 9.59 Å². The maximum atomic E-state index is 13.5. The van der Waals surface area contributed by atoms with Crippen molar-refractivity contribution in [2.45, 2.75) is 79.1 Å². The molecule has 430 valence electrons. The normalized spacial score (nSPS) is 11.3. The van der Waals surface area contributed by atoms with E-state index in [4.69, 9.17) is 36.6 Å². The lowest BCUT2D eigenvalue weighted by atomic mass is 9.90. The van der Waals surface area contributed by atoms with Gasteiger partial charge in [0.05, 0.1) is 14.2 Å². The zero-order chi connectivity index (χ0) is 60.5. The maximum absolute atomic E-state index is 13.5. The van der Waals surface area contributed by atoms with Crippen LogP contribution in [0, 0.1) is 0 Å². The van der Waals surface area contributed by atoms with Crippen molar-refractivity contribution < 1.29 is 46.2 Å². The molecule has 8 aromatic rings. The second-order valence-electron chi connectivity index (χ2n) is 21.2. The maximum Gasteiger partial charge on any atom is 0.530 e. The highest BCUT2D eigenvalue weighted by atomic mass is 31.2. The van der Waals surface area contributed by atoms with E-state index in [1.165, 1.54) is 26.4 Å². The van der Waals surface area contributed by atoms with Gasteiger partial charge in [0.15, 0.2) is 34.6 Å². The fraction of sp³-hybridized carbons (Fsp3) is 0.194. The predicted octanol–water partition coefficient (Wildman–Crippen LogP) is 21.0. The van der Waals surface area contributed by atoms with Crippen LogP contribution in [-0.4, -0.2) is 25.8 Å². The van der Waals surface area contributed by atoms with Crippen LogP contribution < -0.4 is 36.6 Å².